The number of amides is 1. The van der Waals surface area contributed by atoms with Crippen LogP contribution in [0.15, 0.2) is 29.3 Å². The third-order valence-electron chi connectivity index (χ3n) is 4.80. The molecule has 0 saturated carbocycles. The van der Waals surface area contributed by atoms with Crippen LogP contribution in [0.4, 0.5) is 4.79 Å². The molecule has 0 radical (unpaired) electrons. The number of hydrogen-bond acceptors (Lipinski definition) is 6. The number of halogens is 1. The molecular formula is C20H18ClN3O3S2. The summed E-state index contributed by atoms with van der Waals surface area (Å²) >= 11 is 13.1. The molecule has 29 heavy (non-hydrogen) atoms. The summed E-state index contributed by atoms with van der Waals surface area (Å²) in [7, 11) is 0. The minimum absolute atomic E-state index is 0.190. The number of nitrogens with zero attached hydrogens (tertiary/aromatic N) is 2. The topological polar surface area (TPSA) is 71.0 Å². The third kappa shape index (κ3) is 3.80. The largest absolute Gasteiger partial charge is 0.450 e. The van der Waals surface area contributed by atoms with Crippen molar-refractivity contribution in [3.63, 3.8) is 0 Å². The highest BCUT2D eigenvalue weighted by atomic mass is 35.5. The van der Waals surface area contributed by atoms with Crippen molar-refractivity contribution in [2.45, 2.75) is 19.9 Å². The fourth-order valence-electron chi connectivity index (χ4n) is 3.48. The number of carbonyl (C=O) groups is 2. The minimum atomic E-state index is -0.330. The number of benzene rings is 1. The molecule has 3 heterocycles. The summed E-state index contributed by atoms with van der Waals surface area (Å²) in [6, 6.07) is 6.98. The number of fused-ring (bicyclic) bond motifs is 3. The van der Waals surface area contributed by atoms with Crippen LogP contribution in [-0.2, 0) is 17.7 Å². The van der Waals surface area contributed by atoms with Gasteiger partial charge in [0.1, 0.15) is 9.66 Å². The summed E-state index contributed by atoms with van der Waals surface area (Å²) in [6.45, 7) is 3.38. The molecule has 150 valence electrons. The highest BCUT2D eigenvalue weighted by Gasteiger charge is 2.28. The van der Waals surface area contributed by atoms with Gasteiger partial charge >= 0.3 is 6.09 Å². The summed E-state index contributed by atoms with van der Waals surface area (Å²) in [5.41, 5.74) is 1.92. The Balaban J connectivity index is 1.85. The Morgan fingerprint density at radius 2 is 2.17 bits per heavy atom. The highest BCUT2D eigenvalue weighted by molar-refractivity contribution is 7.80. The van der Waals surface area contributed by atoms with Crippen molar-refractivity contribution in [2.75, 3.05) is 19.7 Å². The molecule has 1 N–H and O–H groups in total. The molecule has 1 aromatic heterocycles. The number of carbonyl (C=O) groups excluding carboxylic acids is 2. The quantitative estimate of drug-likeness (QED) is 0.578. The molecule has 1 aromatic carbocycles. The number of rotatable bonds is 3. The van der Waals surface area contributed by atoms with E-state index in [0.717, 1.165) is 15.7 Å². The lowest BCUT2D eigenvalue weighted by Gasteiger charge is -2.26. The number of ether oxygens (including phenoxy) is 1. The molecule has 6 nitrogen and oxygen atoms in total. The Labute approximate surface area is 181 Å². The SMILES string of the molecule is CCOC(=O)N1CCc2c(sc3c2=C(C(=O)c2ccccc2Cl)NCC(=S)N=3)C1. The summed E-state index contributed by atoms with van der Waals surface area (Å²) in [4.78, 5) is 33.2. The maximum absolute atomic E-state index is 13.3. The Kier molecular flexibility index (Phi) is 5.67. The Hall–Kier alpha value is -2.29. The van der Waals surface area contributed by atoms with Gasteiger partial charge in [-0.15, -0.1) is 11.3 Å². The van der Waals surface area contributed by atoms with Crippen LogP contribution < -0.4 is 15.2 Å². The van der Waals surface area contributed by atoms with Gasteiger partial charge in [0.2, 0.25) is 5.78 Å². The molecule has 9 heteroatoms. The number of ketones is 1. The first-order valence-corrected chi connectivity index (χ1v) is 10.8. The molecule has 2 aliphatic rings. The second-order valence-electron chi connectivity index (χ2n) is 6.60. The molecule has 2 aromatic rings. The van der Waals surface area contributed by atoms with E-state index in [1.54, 1.807) is 36.1 Å². The number of thiocarbonyl (C=S) groups is 1. The van der Waals surface area contributed by atoms with E-state index in [9.17, 15) is 9.59 Å². The summed E-state index contributed by atoms with van der Waals surface area (Å²) < 4.78 is 5.83. The van der Waals surface area contributed by atoms with Gasteiger partial charge in [-0.2, -0.15) is 0 Å². The maximum atomic E-state index is 13.3. The van der Waals surface area contributed by atoms with Gasteiger partial charge in [0.25, 0.3) is 0 Å². The van der Waals surface area contributed by atoms with Gasteiger partial charge in [0, 0.05) is 22.2 Å². The fraction of sp³-hybridized carbons (Fsp3) is 0.300. The van der Waals surface area contributed by atoms with Gasteiger partial charge in [-0.1, -0.05) is 36.0 Å². The molecule has 0 spiro atoms. The lowest BCUT2D eigenvalue weighted by molar-refractivity contribution is 0.102. The van der Waals surface area contributed by atoms with E-state index in [0.29, 0.717) is 58.6 Å². The first kappa shape index (κ1) is 20.0. The second kappa shape index (κ2) is 8.22. The number of Topliss-reactive ketones (excluding diaryl/α,β-unsaturated/α-hetero) is 1. The average molecular weight is 448 g/mol. The highest BCUT2D eigenvalue weighted by Crippen LogP contribution is 2.22. The zero-order valence-electron chi connectivity index (χ0n) is 15.7. The molecule has 0 unspecified atom stereocenters. The van der Waals surface area contributed by atoms with Crippen LogP contribution in [0.25, 0.3) is 5.70 Å². The van der Waals surface area contributed by atoms with E-state index in [4.69, 9.17) is 28.6 Å². The van der Waals surface area contributed by atoms with E-state index in [1.165, 1.54) is 11.3 Å². The summed E-state index contributed by atoms with van der Waals surface area (Å²) in [5, 5.41) is 4.35. The maximum Gasteiger partial charge on any atom is 0.410 e. The molecule has 2 aliphatic heterocycles. The van der Waals surface area contributed by atoms with Gasteiger partial charge in [0.15, 0.2) is 0 Å². The number of thiophene rings is 1. The normalized spacial score (nSPS) is 15.6. The smallest absolute Gasteiger partial charge is 0.410 e. The van der Waals surface area contributed by atoms with Crippen molar-refractivity contribution < 1.29 is 14.3 Å². The lowest BCUT2D eigenvalue weighted by atomic mass is 10.0. The molecule has 4 rings (SSSR count). The van der Waals surface area contributed by atoms with Crippen LogP contribution in [0.2, 0.25) is 5.02 Å². The van der Waals surface area contributed by atoms with Crippen molar-refractivity contribution in [1.29, 1.82) is 0 Å². The van der Waals surface area contributed by atoms with Gasteiger partial charge in [-0.25, -0.2) is 9.79 Å². The van der Waals surface area contributed by atoms with E-state index in [-0.39, 0.29) is 11.9 Å². The predicted octanol–water partition coefficient (Wildman–Crippen LogP) is 2.46. The zero-order valence-corrected chi connectivity index (χ0v) is 18.0. The van der Waals surface area contributed by atoms with Crippen molar-refractivity contribution in [1.82, 2.24) is 10.2 Å². The van der Waals surface area contributed by atoms with Crippen molar-refractivity contribution in [2.24, 2.45) is 4.99 Å². The first-order chi connectivity index (χ1) is 14.0. The second-order valence-corrected chi connectivity index (χ2v) is 8.56. The van der Waals surface area contributed by atoms with Gasteiger partial charge in [-0.3, -0.25) is 4.79 Å². The van der Waals surface area contributed by atoms with Crippen LogP contribution in [-0.4, -0.2) is 41.5 Å². The average Bonchev–Trinajstić information content (AvgIpc) is 2.96. The van der Waals surface area contributed by atoms with Gasteiger partial charge in [-0.05, 0) is 31.0 Å². The van der Waals surface area contributed by atoms with Crippen LogP contribution in [0.5, 0.6) is 0 Å². The van der Waals surface area contributed by atoms with Gasteiger partial charge in [0.05, 0.1) is 30.4 Å². The van der Waals surface area contributed by atoms with Gasteiger partial charge < -0.3 is 15.0 Å². The fourth-order valence-corrected chi connectivity index (χ4v) is 5.18. The van der Waals surface area contributed by atoms with Crippen LogP contribution in [0, 0.1) is 0 Å². The Morgan fingerprint density at radius 1 is 1.38 bits per heavy atom. The molecule has 1 amide bonds. The van der Waals surface area contributed by atoms with Crippen LogP contribution in [0.1, 0.15) is 27.7 Å². The Morgan fingerprint density at radius 3 is 2.93 bits per heavy atom. The van der Waals surface area contributed by atoms with Crippen LogP contribution in [0.3, 0.4) is 0 Å². The minimum Gasteiger partial charge on any atom is -0.450 e. The van der Waals surface area contributed by atoms with E-state index >= 15 is 0 Å². The molecule has 0 fully saturated rings. The zero-order chi connectivity index (χ0) is 20.5. The predicted molar refractivity (Wildman–Crippen MR) is 116 cm³/mol. The van der Waals surface area contributed by atoms with Crippen LogP contribution >= 0.6 is 35.2 Å². The summed E-state index contributed by atoms with van der Waals surface area (Å²) in [6.07, 6.45) is 0.284. The van der Waals surface area contributed by atoms with Crippen molar-refractivity contribution >= 4 is 57.7 Å². The molecular weight excluding hydrogens is 430 g/mol. The molecule has 0 aliphatic carbocycles. The standard InChI is InChI=1S/C20H18ClN3O3S2/c1-2-27-20(26)24-8-7-12-14(10-24)29-19-16(12)17(22-9-15(28)23-19)18(25)11-5-3-4-6-13(11)21/h3-6,22H,2,7-10H2,1H3. The lowest BCUT2D eigenvalue weighted by Crippen LogP contribution is -2.39. The van der Waals surface area contributed by atoms with E-state index in [2.05, 4.69) is 10.3 Å². The van der Waals surface area contributed by atoms with E-state index < -0.39 is 0 Å². The number of hydrogen-bond donors (Lipinski definition) is 1. The van der Waals surface area contributed by atoms with Crippen molar-refractivity contribution in [3.8, 4) is 0 Å². The molecule has 0 atom stereocenters. The molecule has 0 bridgehead atoms. The van der Waals surface area contributed by atoms with E-state index in [1.807, 2.05) is 0 Å². The first-order valence-electron chi connectivity index (χ1n) is 9.20. The monoisotopic (exact) mass is 447 g/mol. The molecule has 0 saturated heterocycles. The summed E-state index contributed by atoms with van der Waals surface area (Å²) in [5.74, 6) is -0.190. The van der Waals surface area contributed by atoms with Crippen molar-refractivity contribution in [3.05, 3.63) is 55.2 Å². The number of nitrogens with one attached hydrogen (secondary N) is 1. The third-order valence-corrected chi connectivity index (χ3v) is 6.48. The Bertz CT molecular complexity index is 1140.